The molecule has 148 valence electrons. The molecular formula is C17H23BrN4O4S. The standard InChI is InChI=1S/C17H23BrN4O4S/c1-13(12-22-8-3-6-20-22)11-19-17(23)15-10-14(4-5-16(15)18)27(24,25)21-7-9-26-2/h3-6,8,10,13,21H,7,9,11-12H2,1-2H3,(H,19,23). The van der Waals surface area contributed by atoms with Gasteiger partial charge in [-0.1, -0.05) is 6.92 Å². The number of sulfonamides is 1. The Morgan fingerprint density at radius 2 is 2.19 bits per heavy atom. The van der Waals surface area contributed by atoms with Crippen molar-refractivity contribution in [1.82, 2.24) is 19.8 Å². The molecule has 0 aliphatic carbocycles. The number of hydrogen-bond donors (Lipinski definition) is 2. The van der Waals surface area contributed by atoms with Gasteiger partial charge >= 0.3 is 0 Å². The number of amides is 1. The van der Waals surface area contributed by atoms with E-state index in [4.69, 9.17) is 4.74 Å². The Bertz CT molecular complexity index is 856. The molecule has 8 nitrogen and oxygen atoms in total. The van der Waals surface area contributed by atoms with Crippen molar-refractivity contribution in [3.63, 3.8) is 0 Å². The van der Waals surface area contributed by atoms with Crippen LogP contribution in [0.5, 0.6) is 0 Å². The second kappa shape index (κ2) is 9.98. The Labute approximate surface area is 167 Å². The maximum absolute atomic E-state index is 12.5. The molecule has 0 saturated heterocycles. The normalized spacial score (nSPS) is 12.7. The number of ether oxygens (including phenoxy) is 1. The minimum absolute atomic E-state index is 0.0246. The summed E-state index contributed by atoms with van der Waals surface area (Å²) < 4.78 is 34.2. The van der Waals surface area contributed by atoms with Crippen LogP contribution in [0.4, 0.5) is 0 Å². The molecule has 0 fully saturated rings. The highest BCUT2D eigenvalue weighted by Gasteiger charge is 2.18. The minimum atomic E-state index is -3.71. The highest BCUT2D eigenvalue weighted by atomic mass is 79.9. The van der Waals surface area contributed by atoms with Crippen molar-refractivity contribution in [1.29, 1.82) is 0 Å². The number of carbonyl (C=O) groups is 1. The average molecular weight is 459 g/mol. The van der Waals surface area contributed by atoms with Crippen LogP contribution in [0.1, 0.15) is 17.3 Å². The minimum Gasteiger partial charge on any atom is -0.383 e. The van der Waals surface area contributed by atoms with Crippen LogP contribution in [0.15, 0.2) is 46.0 Å². The second-order valence-corrected chi connectivity index (χ2v) is 8.70. The number of rotatable bonds is 10. The molecule has 0 saturated carbocycles. The number of methoxy groups -OCH3 is 1. The lowest BCUT2D eigenvalue weighted by Crippen LogP contribution is -2.31. The molecule has 27 heavy (non-hydrogen) atoms. The molecular weight excluding hydrogens is 436 g/mol. The molecule has 0 bridgehead atoms. The fraction of sp³-hybridized carbons (Fsp3) is 0.412. The largest absolute Gasteiger partial charge is 0.383 e. The van der Waals surface area contributed by atoms with Crippen LogP contribution in [0, 0.1) is 5.92 Å². The van der Waals surface area contributed by atoms with E-state index in [-0.39, 0.29) is 35.4 Å². The first-order valence-electron chi connectivity index (χ1n) is 8.37. The molecule has 1 atom stereocenters. The van der Waals surface area contributed by atoms with E-state index < -0.39 is 10.0 Å². The molecule has 0 aliphatic rings. The predicted octanol–water partition coefficient (Wildman–Crippen LogP) is 1.64. The van der Waals surface area contributed by atoms with Gasteiger partial charge in [0.1, 0.15) is 0 Å². The van der Waals surface area contributed by atoms with Gasteiger partial charge in [0.05, 0.1) is 17.1 Å². The molecule has 2 N–H and O–H groups in total. The Hall–Kier alpha value is -1.75. The molecule has 0 spiro atoms. The molecule has 1 aromatic carbocycles. The van der Waals surface area contributed by atoms with Gasteiger partial charge in [-0.3, -0.25) is 9.48 Å². The van der Waals surface area contributed by atoms with E-state index in [2.05, 4.69) is 31.1 Å². The van der Waals surface area contributed by atoms with E-state index >= 15 is 0 Å². The quantitative estimate of drug-likeness (QED) is 0.526. The van der Waals surface area contributed by atoms with E-state index in [0.29, 0.717) is 17.6 Å². The maximum Gasteiger partial charge on any atom is 0.252 e. The summed E-state index contributed by atoms with van der Waals surface area (Å²) in [5.41, 5.74) is 0.260. The van der Waals surface area contributed by atoms with Gasteiger partial charge in [0.2, 0.25) is 10.0 Å². The van der Waals surface area contributed by atoms with Gasteiger partial charge in [-0.05, 0) is 46.1 Å². The zero-order valence-electron chi connectivity index (χ0n) is 15.2. The van der Waals surface area contributed by atoms with Crippen molar-refractivity contribution in [3.8, 4) is 0 Å². The predicted molar refractivity (Wildman–Crippen MR) is 105 cm³/mol. The summed E-state index contributed by atoms with van der Waals surface area (Å²) in [6.45, 7) is 3.52. The molecule has 1 heterocycles. The monoisotopic (exact) mass is 458 g/mol. The summed E-state index contributed by atoms with van der Waals surface area (Å²) in [6.07, 6.45) is 3.56. The van der Waals surface area contributed by atoms with Gasteiger partial charge in [0.25, 0.3) is 5.91 Å². The third-order valence-electron chi connectivity index (χ3n) is 3.76. The number of nitrogens with one attached hydrogen (secondary N) is 2. The third kappa shape index (κ3) is 6.42. The first kappa shape index (κ1) is 21.5. The summed E-state index contributed by atoms with van der Waals surface area (Å²) in [5, 5.41) is 6.98. The Balaban J connectivity index is 2.02. The number of hydrogen-bond acceptors (Lipinski definition) is 5. The first-order chi connectivity index (χ1) is 12.8. The number of aromatic nitrogens is 2. The Morgan fingerprint density at radius 1 is 1.41 bits per heavy atom. The molecule has 2 rings (SSSR count). The SMILES string of the molecule is COCCNS(=O)(=O)c1ccc(Br)c(C(=O)NCC(C)Cn2cccn2)c1. The number of nitrogens with zero attached hydrogens (tertiary/aromatic N) is 2. The summed E-state index contributed by atoms with van der Waals surface area (Å²) in [6, 6.07) is 6.19. The lowest BCUT2D eigenvalue weighted by atomic mass is 10.1. The molecule has 1 amide bonds. The van der Waals surface area contributed by atoms with Gasteiger partial charge in [0, 0.05) is 43.6 Å². The van der Waals surface area contributed by atoms with Gasteiger partial charge in [-0.2, -0.15) is 5.10 Å². The zero-order valence-corrected chi connectivity index (χ0v) is 17.6. The fourth-order valence-corrected chi connectivity index (χ4v) is 3.83. The third-order valence-corrected chi connectivity index (χ3v) is 5.91. The van der Waals surface area contributed by atoms with Crippen LogP contribution in [-0.4, -0.2) is 50.9 Å². The smallest absolute Gasteiger partial charge is 0.252 e. The number of halogens is 1. The lowest BCUT2D eigenvalue weighted by Gasteiger charge is -2.14. The van der Waals surface area contributed by atoms with Gasteiger partial charge in [0.15, 0.2) is 0 Å². The van der Waals surface area contributed by atoms with E-state index in [9.17, 15) is 13.2 Å². The zero-order chi connectivity index (χ0) is 19.9. The summed E-state index contributed by atoms with van der Waals surface area (Å²) >= 11 is 3.31. The summed E-state index contributed by atoms with van der Waals surface area (Å²) in [7, 11) is -2.22. The molecule has 0 aliphatic heterocycles. The van der Waals surface area contributed by atoms with E-state index in [1.165, 1.54) is 19.2 Å². The first-order valence-corrected chi connectivity index (χ1v) is 10.6. The Morgan fingerprint density at radius 3 is 2.85 bits per heavy atom. The molecule has 10 heteroatoms. The van der Waals surface area contributed by atoms with Gasteiger partial charge in [-0.15, -0.1) is 0 Å². The van der Waals surface area contributed by atoms with Crippen LogP contribution >= 0.6 is 15.9 Å². The highest BCUT2D eigenvalue weighted by Crippen LogP contribution is 2.21. The van der Waals surface area contributed by atoms with Crippen molar-refractivity contribution >= 4 is 31.9 Å². The topological polar surface area (TPSA) is 102 Å². The Kier molecular flexibility index (Phi) is 7.96. The molecule has 0 radical (unpaired) electrons. The lowest BCUT2D eigenvalue weighted by molar-refractivity contribution is 0.0945. The summed E-state index contributed by atoms with van der Waals surface area (Å²) in [5.74, 6) is -0.182. The second-order valence-electron chi connectivity index (χ2n) is 6.08. The average Bonchev–Trinajstić information content (AvgIpc) is 3.13. The number of carbonyl (C=O) groups excluding carboxylic acids is 1. The molecule has 2 aromatic rings. The van der Waals surface area contributed by atoms with E-state index in [1.807, 2.05) is 19.2 Å². The van der Waals surface area contributed by atoms with Crippen LogP contribution in [0.2, 0.25) is 0 Å². The van der Waals surface area contributed by atoms with Crippen molar-refractivity contribution in [2.45, 2.75) is 18.4 Å². The fourth-order valence-electron chi connectivity index (χ4n) is 2.36. The van der Waals surface area contributed by atoms with E-state index in [0.717, 1.165) is 0 Å². The van der Waals surface area contributed by atoms with Crippen molar-refractivity contribution in [3.05, 3.63) is 46.7 Å². The van der Waals surface area contributed by atoms with Crippen LogP contribution in [0.3, 0.4) is 0 Å². The number of benzene rings is 1. The highest BCUT2D eigenvalue weighted by molar-refractivity contribution is 9.10. The van der Waals surface area contributed by atoms with Crippen molar-refractivity contribution < 1.29 is 17.9 Å². The van der Waals surface area contributed by atoms with Crippen molar-refractivity contribution in [2.24, 2.45) is 5.92 Å². The maximum atomic E-state index is 12.5. The van der Waals surface area contributed by atoms with Crippen LogP contribution < -0.4 is 10.0 Å². The van der Waals surface area contributed by atoms with Crippen LogP contribution in [0.25, 0.3) is 0 Å². The van der Waals surface area contributed by atoms with Crippen LogP contribution in [-0.2, 0) is 21.3 Å². The van der Waals surface area contributed by atoms with Gasteiger partial charge < -0.3 is 10.1 Å². The van der Waals surface area contributed by atoms with Crippen molar-refractivity contribution in [2.75, 3.05) is 26.8 Å². The summed E-state index contributed by atoms with van der Waals surface area (Å²) in [4.78, 5) is 12.5. The molecule has 1 aromatic heterocycles. The van der Waals surface area contributed by atoms with Gasteiger partial charge in [-0.25, -0.2) is 13.1 Å². The van der Waals surface area contributed by atoms with E-state index in [1.54, 1.807) is 16.9 Å². The molecule has 1 unspecified atom stereocenters.